The van der Waals surface area contributed by atoms with Crippen LogP contribution in [0.15, 0.2) is 60.7 Å². The van der Waals surface area contributed by atoms with Crippen LogP contribution in [0.1, 0.15) is 11.1 Å². The van der Waals surface area contributed by atoms with E-state index in [2.05, 4.69) is 81.0 Å². The molecule has 0 spiro atoms. The van der Waals surface area contributed by atoms with Crippen molar-refractivity contribution in [1.29, 1.82) is 0 Å². The van der Waals surface area contributed by atoms with Crippen molar-refractivity contribution < 1.29 is 4.75 Å². The molecule has 0 amide bonds. The minimum absolute atomic E-state index is 0.497. The van der Waals surface area contributed by atoms with Crippen LogP contribution in [0.4, 0.5) is 0 Å². The van der Waals surface area contributed by atoms with Crippen LogP contribution in [-0.2, 0) is 12.8 Å². The van der Waals surface area contributed by atoms with Gasteiger partial charge in [0.15, 0.2) is 0 Å². The third kappa shape index (κ3) is 5.34. The fourth-order valence-electron chi connectivity index (χ4n) is 2.13. The summed E-state index contributed by atoms with van der Waals surface area (Å²) in [5, 5.41) is 0. The second-order valence-electron chi connectivity index (χ2n) is 4.86. The molecule has 0 fully saturated rings. The maximum absolute atomic E-state index is 4.26. The van der Waals surface area contributed by atoms with Crippen LogP contribution in [0.5, 0.6) is 0 Å². The molecule has 2 rings (SSSR count). The molecule has 2 aromatic carbocycles. The summed E-state index contributed by atoms with van der Waals surface area (Å²) in [4.78, 5) is 0. The molecule has 0 atom stereocenters. The molecule has 0 aliphatic carbocycles. The van der Waals surface area contributed by atoms with E-state index in [1.807, 2.05) is 0 Å². The van der Waals surface area contributed by atoms with Crippen molar-refractivity contribution in [3.8, 4) is 0 Å². The van der Waals surface area contributed by atoms with Crippen molar-refractivity contribution >= 4 is 34.9 Å². The molecule has 2 aromatic rings. The van der Waals surface area contributed by atoms with Gasteiger partial charge in [0, 0.05) is 0 Å². The van der Waals surface area contributed by atoms with E-state index in [0.29, 0.717) is 14.7 Å². The van der Waals surface area contributed by atoms with Crippen molar-refractivity contribution in [3.63, 3.8) is 0 Å². The van der Waals surface area contributed by atoms with Gasteiger partial charge in [-0.05, 0) is 0 Å². The molecule has 3 N–H and O–H groups in total. The van der Waals surface area contributed by atoms with Gasteiger partial charge in [-0.25, -0.2) is 0 Å². The zero-order chi connectivity index (χ0) is 14.3. The summed E-state index contributed by atoms with van der Waals surface area (Å²) in [5.74, 6) is 0. The summed E-state index contributed by atoms with van der Waals surface area (Å²) < 4.78 is 3.31. The molecular formula is C16H21NPSe2+2. The predicted molar refractivity (Wildman–Crippen MR) is 91.3 cm³/mol. The Kier molecular flexibility index (Phi) is 6.78. The summed E-state index contributed by atoms with van der Waals surface area (Å²) in [5.41, 5.74) is 2.91. The first-order valence-corrected chi connectivity index (χ1v) is 14.6. The van der Waals surface area contributed by atoms with Crippen LogP contribution in [0.25, 0.3) is 0 Å². The average molecular weight is 416 g/mol. The van der Waals surface area contributed by atoms with E-state index in [-0.39, 0.29) is 0 Å². The van der Waals surface area contributed by atoms with Crippen molar-refractivity contribution in [2.75, 3.05) is 12.3 Å². The monoisotopic (exact) mass is 418 g/mol. The molecule has 0 unspecified atom stereocenters. The molecule has 1 nitrogen and oxygen atoms in total. The van der Waals surface area contributed by atoms with Gasteiger partial charge in [0.05, 0.1) is 0 Å². The Morgan fingerprint density at radius 2 is 1.20 bits per heavy atom. The van der Waals surface area contributed by atoms with E-state index in [4.69, 9.17) is 0 Å². The topological polar surface area (TPSA) is 27.6 Å². The van der Waals surface area contributed by atoms with Crippen LogP contribution in [0.2, 0.25) is 0 Å². The molecule has 20 heavy (non-hydrogen) atoms. The number of rotatable bonds is 7. The van der Waals surface area contributed by atoms with Crippen LogP contribution < -0.4 is 4.75 Å². The Morgan fingerprint density at radius 3 is 1.55 bits per heavy atom. The van der Waals surface area contributed by atoms with E-state index in [9.17, 15) is 0 Å². The molecule has 0 saturated heterocycles. The summed E-state index contributed by atoms with van der Waals surface area (Å²) in [6.45, 7) is 0. The van der Waals surface area contributed by atoms with Gasteiger partial charge in [-0.2, -0.15) is 0 Å². The zero-order valence-electron chi connectivity index (χ0n) is 11.6. The maximum atomic E-state index is 4.26. The molecular weight excluding hydrogens is 395 g/mol. The zero-order valence-corrected chi connectivity index (χ0v) is 15.9. The van der Waals surface area contributed by atoms with Gasteiger partial charge in [0.25, 0.3) is 0 Å². The summed E-state index contributed by atoms with van der Waals surface area (Å²) in [6, 6.07) is 21.6. The molecule has 0 bridgehead atoms. The number of hydrogen-bond donors (Lipinski definition) is 1. The standard InChI is InChI=1S/C16H20NPSe2/c17-20-18(19,13-11-15-7-3-1-4-8-15)14-12-16-9-5-2-6-10-16/h1-10H,11-14,17H2/q+1/p+1. The van der Waals surface area contributed by atoms with Crippen LogP contribution >= 0.6 is 4.64 Å². The van der Waals surface area contributed by atoms with Crippen LogP contribution in [0, 0.1) is 0 Å². The predicted octanol–water partition coefficient (Wildman–Crippen LogP) is 2.35. The van der Waals surface area contributed by atoms with Crippen LogP contribution in [0.3, 0.4) is 0 Å². The van der Waals surface area contributed by atoms with Gasteiger partial charge >= 0.3 is 137 Å². The fourth-order valence-corrected chi connectivity index (χ4v) is 7.73. The van der Waals surface area contributed by atoms with Gasteiger partial charge in [-0.15, -0.1) is 0 Å². The number of benzene rings is 2. The molecule has 0 saturated carbocycles. The van der Waals surface area contributed by atoms with E-state index in [1.165, 1.54) is 36.3 Å². The van der Waals surface area contributed by atoms with Crippen molar-refractivity contribution in [2.45, 2.75) is 12.8 Å². The number of hydrogen-bond acceptors (Lipinski definition) is 0. The SMILES string of the molecule is [NH3+][Se][P+]([Se])(CCc1ccccc1)CCc1ccccc1. The van der Waals surface area contributed by atoms with Crippen LogP contribution in [-0.4, -0.2) is 42.6 Å². The quantitative estimate of drug-likeness (QED) is 0.531. The summed E-state index contributed by atoms with van der Waals surface area (Å²) in [6.07, 6.45) is 4.97. The molecule has 4 heteroatoms. The van der Waals surface area contributed by atoms with Gasteiger partial charge in [0.1, 0.15) is 0 Å². The van der Waals surface area contributed by atoms with E-state index < -0.39 is 4.64 Å². The van der Waals surface area contributed by atoms with E-state index >= 15 is 0 Å². The number of quaternary nitrogens is 1. The Balaban J connectivity index is 1.88. The van der Waals surface area contributed by atoms with Gasteiger partial charge in [-0.3, -0.25) is 0 Å². The van der Waals surface area contributed by atoms with Gasteiger partial charge in [0.2, 0.25) is 0 Å². The normalized spacial score (nSPS) is 11.5. The Labute approximate surface area is 136 Å². The van der Waals surface area contributed by atoms with E-state index in [0.717, 1.165) is 0 Å². The summed E-state index contributed by atoms with van der Waals surface area (Å²) in [7, 11) is 0. The summed E-state index contributed by atoms with van der Waals surface area (Å²) >= 11 is 4.05. The van der Waals surface area contributed by atoms with Crippen molar-refractivity contribution in [2.24, 2.45) is 0 Å². The third-order valence-electron chi connectivity index (χ3n) is 3.40. The Hall–Kier alpha value is -0.131. The fraction of sp³-hybridized carbons (Fsp3) is 0.250. The van der Waals surface area contributed by atoms with Crippen molar-refractivity contribution in [3.05, 3.63) is 71.8 Å². The molecule has 105 valence electrons. The average Bonchev–Trinajstić information content (AvgIpc) is 2.53. The molecule has 0 aliphatic heterocycles. The number of aryl methyl sites for hydroxylation is 2. The first-order valence-electron chi connectivity index (χ1n) is 6.81. The molecule has 0 aliphatic rings. The first-order chi connectivity index (χ1) is 9.72. The second kappa shape index (κ2) is 8.35. The molecule has 0 aromatic heterocycles. The minimum atomic E-state index is -0.955. The van der Waals surface area contributed by atoms with Gasteiger partial charge in [-0.1, -0.05) is 0 Å². The van der Waals surface area contributed by atoms with E-state index in [1.54, 1.807) is 0 Å². The van der Waals surface area contributed by atoms with Crippen molar-refractivity contribution in [1.82, 2.24) is 0 Å². The molecule has 1 radical (unpaired) electrons. The second-order valence-corrected chi connectivity index (χ2v) is 21.6. The molecule has 0 heterocycles. The third-order valence-corrected chi connectivity index (χ3v) is 16.7. The first kappa shape index (κ1) is 16.2. The Bertz CT molecular complexity index is 461. The Morgan fingerprint density at radius 1 is 0.800 bits per heavy atom. The van der Waals surface area contributed by atoms with Gasteiger partial charge < -0.3 is 0 Å².